The van der Waals surface area contributed by atoms with Gasteiger partial charge in [0.05, 0.1) is 23.7 Å². The topological polar surface area (TPSA) is 167 Å². The molecular weight excluding hydrogens is 630 g/mol. The molecule has 13 heteroatoms. The number of hydrogen-bond acceptors (Lipinski definition) is 10. The van der Waals surface area contributed by atoms with Crippen LogP contribution in [0.2, 0.25) is 0 Å². The molecule has 2 fully saturated rings. The van der Waals surface area contributed by atoms with Crippen LogP contribution in [0.4, 0.5) is 11.4 Å². The van der Waals surface area contributed by atoms with Crippen molar-refractivity contribution in [3.05, 3.63) is 105 Å². The number of carbonyl (C=O) groups is 2. The Kier molecular flexibility index (Phi) is 13.1. The predicted molar refractivity (Wildman–Crippen MR) is 181 cm³/mol. The Morgan fingerprint density at radius 1 is 0.816 bits per heavy atom. The number of carbonyl (C=O) groups excluding carboxylic acids is 2. The molecule has 0 aromatic heterocycles. The molecule has 0 radical (unpaired) electrons. The minimum absolute atomic E-state index is 0.0235. The minimum Gasteiger partial charge on any atom is -0.392 e. The van der Waals surface area contributed by atoms with E-state index in [1.54, 1.807) is 29.7 Å². The summed E-state index contributed by atoms with van der Waals surface area (Å²) >= 11 is 0. The highest BCUT2D eigenvalue weighted by molar-refractivity contribution is 5.76. The Balaban J connectivity index is 1.16. The summed E-state index contributed by atoms with van der Waals surface area (Å²) in [5, 5.41) is 32.1. The maximum atomic E-state index is 12.3. The fourth-order valence-corrected chi connectivity index (χ4v) is 6.18. The van der Waals surface area contributed by atoms with E-state index in [4.69, 9.17) is 14.7 Å². The van der Waals surface area contributed by atoms with Gasteiger partial charge in [0.25, 0.3) is 5.69 Å². The molecular formula is C36H45N5O8. The van der Waals surface area contributed by atoms with Gasteiger partial charge in [-0.25, -0.2) is 5.48 Å². The van der Waals surface area contributed by atoms with Crippen molar-refractivity contribution in [3.63, 3.8) is 0 Å². The van der Waals surface area contributed by atoms with Gasteiger partial charge in [0.1, 0.15) is 0 Å². The van der Waals surface area contributed by atoms with Crippen LogP contribution in [0.5, 0.6) is 0 Å². The van der Waals surface area contributed by atoms with Gasteiger partial charge in [0.15, 0.2) is 6.29 Å². The molecule has 0 bridgehead atoms. The smallest absolute Gasteiger partial charge is 0.269 e. The van der Waals surface area contributed by atoms with Crippen molar-refractivity contribution in [2.75, 3.05) is 37.6 Å². The summed E-state index contributed by atoms with van der Waals surface area (Å²) in [7, 11) is 0. The fourth-order valence-electron chi connectivity index (χ4n) is 6.18. The molecule has 2 aliphatic heterocycles. The molecule has 4 N–H and O–H groups in total. The molecule has 3 aromatic rings. The third-order valence-corrected chi connectivity index (χ3v) is 9.05. The summed E-state index contributed by atoms with van der Waals surface area (Å²) in [5.74, 6) is -0.474. The van der Waals surface area contributed by atoms with E-state index in [0.29, 0.717) is 32.2 Å². The Labute approximate surface area is 285 Å². The van der Waals surface area contributed by atoms with Crippen LogP contribution in [-0.4, -0.2) is 70.8 Å². The number of ether oxygens (including phenoxy) is 2. The standard InChI is InChI=1S/C36H45N5O8/c42-25-27-8-10-28(11-9-27)33-22-32(24-39-18-20-40(21-19-39)30-14-16-31(17-15-30)41(46)47)48-36(49-33)29-12-6-26(7-13-29)23-37-34(43)4-2-1-3-5-35(44)38-45/h6-17,32-33,36,42,45H,1-5,18-25H2,(H,37,43)(H,38,44)/t32-,33+,36+/m1/s1. The number of anilines is 1. The number of aliphatic hydroxyl groups is 1. The summed E-state index contributed by atoms with van der Waals surface area (Å²) in [6, 6.07) is 22.4. The van der Waals surface area contributed by atoms with Crippen molar-refractivity contribution in [1.29, 1.82) is 0 Å². The van der Waals surface area contributed by atoms with E-state index in [1.807, 2.05) is 48.5 Å². The van der Waals surface area contributed by atoms with Gasteiger partial charge in [-0.05, 0) is 41.7 Å². The van der Waals surface area contributed by atoms with Crippen molar-refractivity contribution >= 4 is 23.2 Å². The lowest BCUT2D eigenvalue weighted by atomic mass is 9.99. The first-order chi connectivity index (χ1) is 23.8. The largest absolute Gasteiger partial charge is 0.392 e. The van der Waals surface area contributed by atoms with E-state index in [9.17, 15) is 24.8 Å². The zero-order chi connectivity index (χ0) is 34.6. The average Bonchev–Trinajstić information content (AvgIpc) is 3.14. The van der Waals surface area contributed by atoms with E-state index < -0.39 is 12.2 Å². The van der Waals surface area contributed by atoms with Gasteiger partial charge in [-0.1, -0.05) is 55.0 Å². The highest BCUT2D eigenvalue weighted by Gasteiger charge is 2.34. The first-order valence-corrected chi connectivity index (χ1v) is 16.8. The van der Waals surface area contributed by atoms with Gasteiger partial charge in [0, 0.05) is 81.9 Å². The molecule has 5 rings (SSSR count). The zero-order valence-electron chi connectivity index (χ0n) is 27.5. The van der Waals surface area contributed by atoms with E-state index in [-0.39, 0.29) is 41.8 Å². The van der Waals surface area contributed by atoms with Gasteiger partial charge in [0.2, 0.25) is 11.8 Å². The summed E-state index contributed by atoms with van der Waals surface area (Å²) < 4.78 is 13.1. The van der Waals surface area contributed by atoms with Crippen LogP contribution in [0.15, 0.2) is 72.8 Å². The van der Waals surface area contributed by atoms with Gasteiger partial charge in [-0.15, -0.1) is 0 Å². The van der Waals surface area contributed by atoms with Crippen molar-refractivity contribution in [3.8, 4) is 0 Å². The predicted octanol–water partition coefficient (Wildman–Crippen LogP) is 4.53. The van der Waals surface area contributed by atoms with E-state index in [1.165, 1.54) is 0 Å². The minimum atomic E-state index is -0.584. The number of nitrogens with one attached hydrogen (secondary N) is 2. The molecule has 0 unspecified atom stereocenters. The van der Waals surface area contributed by atoms with Crippen LogP contribution >= 0.6 is 0 Å². The molecule has 2 saturated heterocycles. The first-order valence-electron chi connectivity index (χ1n) is 16.8. The number of amides is 2. The van der Waals surface area contributed by atoms with Crippen molar-refractivity contribution in [1.82, 2.24) is 15.7 Å². The van der Waals surface area contributed by atoms with E-state index >= 15 is 0 Å². The van der Waals surface area contributed by atoms with Gasteiger partial charge < -0.3 is 24.8 Å². The third-order valence-electron chi connectivity index (χ3n) is 9.05. The second kappa shape index (κ2) is 17.8. The molecule has 13 nitrogen and oxygen atoms in total. The average molecular weight is 676 g/mol. The van der Waals surface area contributed by atoms with E-state index in [2.05, 4.69) is 15.1 Å². The second-order valence-corrected chi connectivity index (χ2v) is 12.5. The molecule has 3 aromatic carbocycles. The number of hydrogen-bond donors (Lipinski definition) is 4. The molecule has 262 valence electrons. The highest BCUT2D eigenvalue weighted by atomic mass is 16.7. The zero-order valence-corrected chi connectivity index (χ0v) is 27.5. The highest BCUT2D eigenvalue weighted by Crippen LogP contribution is 2.38. The molecule has 49 heavy (non-hydrogen) atoms. The number of hydroxylamine groups is 1. The third kappa shape index (κ3) is 10.5. The van der Waals surface area contributed by atoms with Gasteiger partial charge in [-0.2, -0.15) is 0 Å². The number of rotatable bonds is 15. The quantitative estimate of drug-likeness (QED) is 0.0778. The van der Waals surface area contributed by atoms with Gasteiger partial charge >= 0.3 is 0 Å². The number of nitro benzene ring substituents is 1. The van der Waals surface area contributed by atoms with Crippen molar-refractivity contribution in [2.45, 2.75) is 70.2 Å². The normalized spacial score (nSPS) is 19.7. The maximum absolute atomic E-state index is 12.3. The van der Waals surface area contributed by atoms with Crippen LogP contribution in [0.1, 0.15) is 73.2 Å². The van der Waals surface area contributed by atoms with E-state index in [0.717, 1.165) is 67.1 Å². The molecule has 2 heterocycles. The van der Waals surface area contributed by atoms with Crippen molar-refractivity contribution in [2.24, 2.45) is 0 Å². The number of benzene rings is 3. The van der Waals surface area contributed by atoms with Crippen LogP contribution in [0.3, 0.4) is 0 Å². The molecule has 0 saturated carbocycles. The SMILES string of the molecule is O=C(CCCCCC(=O)NCc1ccc([C@H]2O[C@@H](CN3CCN(c4ccc([N+](=O)[O-])cc4)CC3)C[C@@H](c3ccc(CO)cc3)O2)cc1)NO. The monoisotopic (exact) mass is 675 g/mol. The lowest BCUT2D eigenvalue weighted by Gasteiger charge is -2.41. The molecule has 0 aliphatic carbocycles. The number of aliphatic hydroxyl groups excluding tert-OH is 1. The summed E-state index contributed by atoms with van der Waals surface area (Å²) in [6.45, 7) is 4.38. The Bertz CT molecular complexity index is 1510. The Morgan fingerprint density at radius 2 is 1.45 bits per heavy atom. The second-order valence-electron chi connectivity index (χ2n) is 12.5. The number of nitrogens with zero attached hydrogens (tertiary/aromatic N) is 3. The summed E-state index contributed by atoms with van der Waals surface area (Å²) in [6.07, 6.45) is 2.41. The molecule has 2 aliphatic rings. The molecule has 0 spiro atoms. The number of unbranched alkanes of at least 4 members (excludes halogenated alkanes) is 2. The van der Waals surface area contributed by atoms with Crippen LogP contribution < -0.4 is 15.7 Å². The Morgan fingerprint density at radius 3 is 2.08 bits per heavy atom. The Hall–Kier alpha value is -4.40. The number of nitro groups is 1. The van der Waals surface area contributed by atoms with Crippen LogP contribution in [-0.2, 0) is 32.2 Å². The number of non-ortho nitro benzene ring substituents is 1. The lowest BCUT2D eigenvalue weighted by Crippen LogP contribution is -2.49. The first kappa shape index (κ1) is 35.9. The summed E-state index contributed by atoms with van der Waals surface area (Å²) in [5.41, 5.74) is 6.36. The van der Waals surface area contributed by atoms with Crippen LogP contribution in [0, 0.1) is 10.1 Å². The fraction of sp³-hybridized carbons (Fsp3) is 0.444. The molecule has 3 atom stereocenters. The van der Waals surface area contributed by atoms with Gasteiger partial charge in [-0.3, -0.25) is 29.8 Å². The molecule has 2 amide bonds. The summed E-state index contributed by atoms with van der Waals surface area (Å²) in [4.78, 5) is 38.7. The maximum Gasteiger partial charge on any atom is 0.269 e. The van der Waals surface area contributed by atoms with Crippen molar-refractivity contribution < 1.29 is 34.3 Å². The van der Waals surface area contributed by atoms with Crippen LogP contribution in [0.25, 0.3) is 0 Å². The number of piperazine rings is 1. The lowest BCUT2D eigenvalue weighted by molar-refractivity contribution is -0.384.